The molecule has 0 spiro atoms. The summed E-state index contributed by atoms with van der Waals surface area (Å²) in [5.74, 6) is 0.821. The van der Waals surface area contributed by atoms with Gasteiger partial charge in [0, 0.05) is 90.9 Å². The zero-order valence-corrected chi connectivity index (χ0v) is 38.5. The van der Waals surface area contributed by atoms with Crippen LogP contribution in [0.3, 0.4) is 0 Å². The molecule has 340 valence electrons. The standard InChI is InChI=1S/C49H54FN7O6S2/c1-31-9-16-52(17-10-31)45(58)33-13-20-54(21-14-33)48(61)39-29-43-37(57(39)30-32-3-5-35(50)6-4-32)27-44(65-43)40-7-8-41(63-40)49(62)56-24-22-55(23-25-56)46(59)34-11-18-53(19-12-34)47(60)38-28-42-36(51(38)2)15-26-64-42/h3-8,15,26-29,31,33-34H,9-14,16-25,30H2,1-2H3. The van der Waals surface area contributed by atoms with Crippen LogP contribution in [0.2, 0.25) is 0 Å². The monoisotopic (exact) mass is 919 g/mol. The number of hydrogen-bond acceptors (Lipinski definition) is 8. The number of thiophene rings is 2. The molecular formula is C49H54FN7O6S2. The maximum Gasteiger partial charge on any atom is 0.289 e. The summed E-state index contributed by atoms with van der Waals surface area (Å²) in [6, 6.07) is 17.6. The smallest absolute Gasteiger partial charge is 0.289 e. The summed E-state index contributed by atoms with van der Waals surface area (Å²) in [4.78, 5) is 78.4. The summed E-state index contributed by atoms with van der Waals surface area (Å²) in [6.45, 7) is 7.93. The third kappa shape index (κ3) is 8.50. The fourth-order valence-electron chi connectivity index (χ4n) is 10.1. The summed E-state index contributed by atoms with van der Waals surface area (Å²) < 4.78 is 26.0. The van der Waals surface area contributed by atoms with Crippen molar-refractivity contribution in [3.05, 3.63) is 94.6 Å². The quantitative estimate of drug-likeness (QED) is 0.155. The van der Waals surface area contributed by atoms with Crippen molar-refractivity contribution in [3.63, 3.8) is 0 Å². The number of carbonyl (C=O) groups excluding carboxylic acids is 5. The highest BCUT2D eigenvalue weighted by molar-refractivity contribution is 7.22. The van der Waals surface area contributed by atoms with Crippen molar-refractivity contribution in [3.8, 4) is 10.6 Å². The van der Waals surface area contributed by atoms with Gasteiger partial charge in [0.05, 0.1) is 25.3 Å². The number of furan rings is 1. The molecule has 0 radical (unpaired) electrons. The number of fused-ring (bicyclic) bond motifs is 2. The highest BCUT2D eigenvalue weighted by Crippen LogP contribution is 2.38. The Morgan fingerprint density at radius 3 is 1.80 bits per heavy atom. The Balaban J connectivity index is 0.767. The SMILES string of the molecule is CC1CCN(C(=O)C2CCN(C(=O)c3cc4sc(-c5ccc(C(=O)N6CCN(C(=O)C7CCN(C(=O)c8cc9sccc9n8C)CC7)CC6)o5)cc4n3Cc3ccc(F)cc3)CC2)CC1. The predicted octanol–water partition coefficient (Wildman–Crippen LogP) is 7.65. The Kier molecular flexibility index (Phi) is 11.9. The van der Waals surface area contributed by atoms with Crippen molar-refractivity contribution in [2.75, 3.05) is 65.4 Å². The lowest BCUT2D eigenvalue weighted by atomic mass is 9.92. The lowest BCUT2D eigenvalue weighted by Crippen LogP contribution is -2.53. The van der Waals surface area contributed by atoms with Gasteiger partial charge in [-0.15, -0.1) is 22.7 Å². The van der Waals surface area contributed by atoms with Crippen molar-refractivity contribution in [2.45, 2.75) is 52.0 Å². The molecule has 4 aliphatic rings. The van der Waals surface area contributed by atoms with E-state index in [2.05, 4.69) is 6.92 Å². The van der Waals surface area contributed by atoms with E-state index in [0.717, 1.165) is 56.8 Å². The molecule has 16 heteroatoms. The maximum absolute atomic E-state index is 14.2. The number of piperazine rings is 1. The Labute approximate surface area is 384 Å². The summed E-state index contributed by atoms with van der Waals surface area (Å²) in [6.07, 6.45) is 4.58. The number of nitrogens with zero attached hydrogens (tertiary/aromatic N) is 7. The van der Waals surface area contributed by atoms with Crippen molar-refractivity contribution in [2.24, 2.45) is 24.8 Å². The van der Waals surface area contributed by atoms with Gasteiger partial charge in [-0.25, -0.2) is 4.39 Å². The molecule has 5 aromatic heterocycles. The van der Waals surface area contributed by atoms with Crippen LogP contribution in [0.25, 0.3) is 31.1 Å². The first kappa shape index (κ1) is 43.2. The van der Waals surface area contributed by atoms with Crippen LogP contribution in [-0.2, 0) is 23.2 Å². The van der Waals surface area contributed by atoms with Gasteiger partial charge in [-0.1, -0.05) is 19.1 Å². The molecule has 0 bridgehead atoms. The number of carbonyl (C=O) groups is 5. The summed E-state index contributed by atoms with van der Waals surface area (Å²) in [7, 11) is 1.92. The van der Waals surface area contributed by atoms with Gasteiger partial charge in [0.1, 0.15) is 23.0 Å². The molecule has 13 nitrogen and oxygen atoms in total. The lowest BCUT2D eigenvalue weighted by Gasteiger charge is -2.38. The molecular weight excluding hydrogens is 866 g/mol. The van der Waals surface area contributed by atoms with E-state index in [0.29, 0.717) is 108 Å². The minimum Gasteiger partial charge on any atom is -0.450 e. The first-order valence-corrected chi connectivity index (χ1v) is 24.6. The fourth-order valence-corrected chi connectivity index (χ4v) is 12.0. The molecule has 4 fully saturated rings. The minimum atomic E-state index is -0.332. The normalized spacial score (nSPS) is 18.4. The van der Waals surface area contributed by atoms with Crippen molar-refractivity contribution < 1.29 is 32.8 Å². The Bertz CT molecular complexity index is 2750. The van der Waals surface area contributed by atoms with Crippen LogP contribution in [0.15, 0.2) is 70.5 Å². The van der Waals surface area contributed by atoms with Gasteiger partial charge in [-0.05, 0) is 104 Å². The van der Waals surface area contributed by atoms with Crippen molar-refractivity contribution >= 4 is 72.6 Å². The zero-order valence-electron chi connectivity index (χ0n) is 36.9. The average molecular weight is 920 g/mol. The van der Waals surface area contributed by atoms with Crippen LogP contribution in [-0.4, -0.2) is 129 Å². The van der Waals surface area contributed by atoms with Crippen LogP contribution < -0.4 is 0 Å². The molecule has 0 saturated carbocycles. The van der Waals surface area contributed by atoms with Crippen LogP contribution in [0.4, 0.5) is 4.39 Å². The van der Waals surface area contributed by atoms with Gasteiger partial charge in [-0.2, -0.15) is 0 Å². The summed E-state index contributed by atoms with van der Waals surface area (Å²) in [5, 5.41) is 2.02. The van der Waals surface area contributed by atoms with Crippen molar-refractivity contribution in [1.29, 1.82) is 0 Å². The number of hydrogen-bond donors (Lipinski definition) is 0. The number of aromatic nitrogens is 2. The van der Waals surface area contributed by atoms with Crippen LogP contribution >= 0.6 is 22.7 Å². The first-order chi connectivity index (χ1) is 31.5. The molecule has 1 aromatic carbocycles. The molecule has 4 saturated heterocycles. The largest absolute Gasteiger partial charge is 0.450 e. The number of halogens is 1. The van der Waals surface area contributed by atoms with Gasteiger partial charge in [-0.3, -0.25) is 24.0 Å². The van der Waals surface area contributed by atoms with Gasteiger partial charge < -0.3 is 38.1 Å². The van der Waals surface area contributed by atoms with Crippen LogP contribution in [0.5, 0.6) is 0 Å². The highest BCUT2D eigenvalue weighted by atomic mass is 32.1. The lowest BCUT2D eigenvalue weighted by molar-refractivity contribution is -0.139. The van der Waals surface area contributed by atoms with Gasteiger partial charge in [0.2, 0.25) is 11.8 Å². The highest BCUT2D eigenvalue weighted by Gasteiger charge is 2.36. The average Bonchev–Trinajstić information content (AvgIpc) is 4.19. The summed E-state index contributed by atoms with van der Waals surface area (Å²) in [5.41, 5.74) is 3.94. The zero-order chi connectivity index (χ0) is 44.9. The summed E-state index contributed by atoms with van der Waals surface area (Å²) >= 11 is 3.10. The molecule has 9 heterocycles. The number of rotatable bonds is 8. The second-order valence-electron chi connectivity index (χ2n) is 18.3. The van der Waals surface area contributed by atoms with Gasteiger partial charge in [0.25, 0.3) is 17.7 Å². The molecule has 5 amide bonds. The molecule has 6 aromatic rings. The fraction of sp³-hybridized carbons (Fsp3) is 0.449. The minimum absolute atomic E-state index is 0.0000371. The van der Waals surface area contributed by atoms with E-state index < -0.39 is 0 Å². The van der Waals surface area contributed by atoms with E-state index in [9.17, 15) is 28.4 Å². The van der Waals surface area contributed by atoms with E-state index >= 15 is 0 Å². The van der Waals surface area contributed by atoms with E-state index in [1.807, 2.05) is 65.4 Å². The topological polar surface area (TPSA) is 125 Å². The second-order valence-corrected chi connectivity index (χ2v) is 20.3. The molecule has 0 N–H and O–H groups in total. The van der Waals surface area contributed by atoms with Gasteiger partial charge >= 0.3 is 0 Å². The van der Waals surface area contributed by atoms with E-state index in [1.54, 1.807) is 40.5 Å². The molecule has 4 aliphatic heterocycles. The third-order valence-corrected chi connectivity index (χ3v) is 16.2. The molecule has 0 unspecified atom stereocenters. The Hall–Kier alpha value is -5.74. The predicted molar refractivity (Wildman–Crippen MR) is 249 cm³/mol. The van der Waals surface area contributed by atoms with E-state index in [1.165, 1.54) is 23.5 Å². The second kappa shape index (κ2) is 17.9. The maximum atomic E-state index is 14.2. The number of likely N-dealkylation sites (tertiary alicyclic amines) is 3. The first-order valence-electron chi connectivity index (χ1n) is 22.9. The number of amides is 5. The van der Waals surface area contributed by atoms with Crippen LogP contribution in [0.1, 0.15) is 82.5 Å². The van der Waals surface area contributed by atoms with Crippen molar-refractivity contribution in [1.82, 2.24) is 33.6 Å². The molecule has 65 heavy (non-hydrogen) atoms. The van der Waals surface area contributed by atoms with Gasteiger partial charge in [0.15, 0.2) is 5.76 Å². The van der Waals surface area contributed by atoms with E-state index in [-0.39, 0.29) is 52.9 Å². The Morgan fingerprint density at radius 2 is 1.17 bits per heavy atom. The number of benzene rings is 1. The third-order valence-electron chi connectivity index (χ3n) is 14.2. The van der Waals surface area contributed by atoms with E-state index in [4.69, 9.17) is 4.42 Å². The number of aryl methyl sites for hydroxylation is 1. The molecule has 0 atom stereocenters. The molecule has 10 rings (SSSR count). The van der Waals surface area contributed by atoms with Crippen LogP contribution in [0, 0.1) is 23.6 Å². The Morgan fingerprint density at radius 1 is 0.615 bits per heavy atom. The number of piperidine rings is 3. The molecule has 0 aliphatic carbocycles.